The van der Waals surface area contributed by atoms with Crippen LogP contribution in [0.3, 0.4) is 0 Å². The van der Waals surface area contributed by atoms with Crippen LogP contribution in [0, 0.1) is 12.8 Å². The zero-order valence-corrected chi connectivity index (χ0v) is 18.8. The van der Waals surface area contributed by atoms with Gasteiger partial charge in [0.2, 0.25) is 26.0 Å². The second-order valence-electron chi connectivity index (χ2n) is 7.50. The summed E-state index contributed by atoms with van der Waals surface area (Å²) in [6.07, 6.45) is 0.241. The minimum Gasteiger partial charge on any atom is -0.273 e. The van der Waals surface area contributed by atoms with Gasteiger partial charge in [-0.1, -0.05) is 13.8 Å². The van der Waals surface area contributed by atoms with E-state index in [1.165, 1.54) is 36.4 Å². The van der Waals surface area contributed by atoms with Crippen molar-refractivity contribution in [3.63, 3.8) is 0 Å². The summed E-state index contributed by atoms with van der Waals surface area (Å²) in [6.45, 7) is 4.80. The van der Waals surface area contributed by atoms with Crippen LogP contribution >= 0.6 is 0 Å². The van der Waals surface area contributed by atoms with Gasteiger partial charge in [0.25, 0.3) is 0 Å². The fraction of sp³-hybridized carbons (Fsp3) is 0.588. The van der Waals surface area contributed by atoms with E-state index in [9.17, 15) is 30.0 Å². The van der Waals surface area contributed by atoms with Crippen molar-refractivity contribution in [2.45, 2.75) is 38.1 Å². The smallest absolute Gasteiger partial charge is 0.244 e. The Balaban J connectivity index is 1.98. The fourth-order valence-corrected chi connectivity index (χ4v) is 9.40. The summed E-state index contributed by atoms with van der Waals surface area (Å²) in [5.74, 6) is -1.76. The number of sulfone groups is 1. The van der Waals surface area contributed by atoms with Gasteiger partial charge in [0.05, 0.1) is 33.8 Å². The van der Waals surface area contributed by atoms with Gasteiger partial charge in [-0.15, -0.1) is 0 Å². The number of benzene rings is 1. The lowest BCUT2D eigenvalue weighted by Gasteiger charge is -2.27. The molecule has 2 heterocycles. The van der Waals surface area contributed by atoms with Gasteiger partial charge in [-0.2, -0.15) is 4.31 Å². The zero-order chi connectivity index (χ0) is 21.8. The van der Waals surface area contributed by atoms with Gasteiger partial charge < -0.3 is 0 Å². The molecule has 3 rings (SSSR count). The van der Waals surface area contributed by atoms with E-state index in [2.05, 4.69) is 0 Å². The quantitative estimate of drug-likeness (QED) is 0.621. The van der Waals surface area contributed by atoms with Crippen molar-refractivity contribution in [2.75, 3.05) is 28.1 Å². The summed E-state index contributed by atoms with van der Waals surface area (Å²) in [5.41, 5.74) is 0.381. The molecule has 2 atom stereocenters. The molecule has 12 heteroatoms. The van der Waals surface area contributed by atoms with Crippen LogP contribution < -0.4 is 4.31 Å². The molecule has 162 valence electrons. The summed E-state index contributed by atoms with van der Waals surface area (Å²) in [4.78, 5) is 12.2. The maximum absolute atomic E-state index is 13.2. The SMILES string of the molecule is CCN([C@H]1CCS(=O)(=O)C1)S(=O)(=O)c1ccc(N2C(=O)[C@H](C)CS2(=O)=O)cc1C. The van der Waals surface area contributed by atoms with Crippen molar-refractivity contribution >= 4 is 41.5 Å². The van der Waals surface area contributed by atoms with Gasteiger partial charge in [0, 0.05) is 12.6 Å². The van der Waals surface area contributed by atoms with Crippen molar-refractivity contribution in [3.05, 3.63) is 23.8 Å². The third-order valence-electron chi connectivity index (χ3n) is 5.27. The van der Waals surface area contributed by atoms with Crippen LogP contribution in [0.4, 0.5) is 5.69 Å². The summed E-state index contributed by atoms with van der Waals surface area (Å²) >= 11 is 0. The predicted molar refractivity (Wildman–Crippen MR) is 108 cm³/mol. The number of sulfonamides is 2. The number of carbonyl (C=O) groups is 1. The van der Waals surface area contributed by atoms with Gasteiger partial charge in [-0.3, -0.25) is 4.79 Å². The molecule has 0 saturated carbocycles. The zero-order valence-electron chi connectivity index (χ0n) is 16.4. The van der Waals surface area contributed by atoms with E-state index in [-0.39, 0.29) is 46.4 Å². The first kappa shape index (κ1) is 22.2. The van der Waals surface area contributed by atoms with Gasteiger partial charge in [0.15, 0.2) is 9.84 Å². The largest absolute Gasteiger partial charge is 0.273 e. The summed E-state index contributed by atoms with van der Waals surface area (Å²) < 4.78 is 76.4. The summed E-state index contributed by atoms with van der Waals surface area (Å²) in [7, 11) is -11.0. The first-order valence-corrected chi connectivity index (χ1v) is 14.1. The lowest BCUT2D eigenvalue weighted by molar-refractivity contribution is -0.119. The Kier molecular flexibility index (Phi) is 5.61. The van der Waals surface area contributed by atoms with Crippen LogP contribution in [-0.4, -0.2) is 65.3 Å². The standard InChI is InChI=1S/C17H24N2O7S3/c1-4-18(15-7-8-27(21,22)11-15)29(25,26)16-6-5-14(9-12(16)2)19-17(20)13(3)10-28(19,23)24/h5-6,9,13,15H,4,7-8,10-11H2,1-3H3/t13-,15+/m1/s1. The lowest BCUT2D eigenvalue weighted by Crippen LogP contribution is -2.41. The predicted octanol–water partition coefficient (Wildman–Crippen LogP) is 0.505. The molecule has 9 nitrogen and oxygen atoms in total. The maximum atomic E-state index is 13.2. The molecule has 2 aliphatic rings. The molecule has 29 heavy (non-hydrogen) atoms. The van der Waals surface area contributed by atoms with Crippen molar-refractivity contribution in [2.24, 2.45) is 5.92 Å². The number of aryl methyl sites for hydroxylation is 1. The fourth-order valence-electron chi connectivity index (χ4n) is 3.89. The number of amides is 1. The van der Waals surface area contributed by atoms with E-state index in [0.29, 0.717) is 0 Å². The Morgan fingerprint density at radius 1 is 1.17 bits per heavy atom. The first-order valence-electron chi connectivity index (χ1n) is 9.20. The molecule has 0 N–H and O–H groups in total. The minimum absolute atomic E-state index is 0.0375. The normalized spacial score (nSPS) is 26.3. The van der Waals surface area contributed by atoms with E-state index >= 15 is 0 Å². The van der Waals surface area contributed by atoms with Gasteiger partial charge in [0.1, 0.15) is 0 Å². The number of hydrogen-bond donors (Lipinski definition) is 0. The number of hydrogen-bond acceptors (Lipinski definition) is 7. The second-order valence-corrected chi connectivity index (χ2v) is 13.4. The van der Waals surface area contributed by atoms with Gasteiger partial charge in [-0.25, -0.2) is 29.6 Å². The first-order chi connectivity index (χ1) is 13.3. The maximum Gasteiger partial charge on any atom is 0.244 e. The summed E-state index contributed by atoms with van der Waals surface area (Å²) in [6, 6.07) is 3.31. The molecule has 2 aliphatic heterocycles. The molecule has 0 unspecified atom stereocenters. The highest BCUT2D eigenvalue weighted by Crippen LogP contribution is 2.32. The van der Waals surface area contributed by atoms with E-state index < -0.39 is 47.8 Å². The Labute approximate surface area is 171 Å². The van der Waals surface area contributed by atoms with Crippen LogP contribution in [-0.2, 0) is 34.7 Å². The molecule has 0 bridgehead atoms. The molecular weight excluding hydrogens is 440 g/mol. The van der Waals surface area contributed by atoms with Crippen molar-refractivity contribution < 1.29 is 30.0 Å². The Bertz CT molecular complexity index is 1160. The van der Waals surface area contributed by atoms with Crippen LogP contribution in [0.5, 0.6) is 0 Å². The molecule has 1 aromatic carbocycles. The van der Waals surface area contributed by atoms with Crippen molar-refractivity contribution in [3.8, 4) is 0 Å². The lowest BCUT2D eigenvalue weighted by atomic mass is 10.2. The van der Waals surface area contributed by atoms with E-state index in [4.69, 9.17) is 0 Å². The molecule has 1 aromatic rings. The third kappa shape index (κ3) is 3.94. The average Bonchev–Trinajstić information content (AvgIpc) is 3.03. The Morgan fingerprint density at radius 2 is 1.83 bits per heavy atom. The highest BCUT2D eigenvalue weighted by molar-refractivity contribution is 7.94. The van der Waals surface area contributed by atoms with Gasteiger partial charge >= 0.3 is 0 Å². The van der Waals surface area contributed by atoms with E-state index in [0.717, 1.165) is 4.31 Å². The highest BCUT2D eigenvalue weighted by Gasteiger charge is 2.43. The third-order valence-corrected chi connectivity index (χ3v) is 11.1. The minimum atomic E-state index is -3.99. The molecular formula is C17H24N2O7S3. The van der Waals surface area contributed by atoms with E-state index in [1.807, 2.05) is 0 Å². The number of nitrogens with zero attached hydrogens (tertiary/aromatic N) is 2. The number of anilines is 1. The van der Waals surface area contributed by atoms with Gasteiger partial charge in [-0.05, 0) is 37.1 Å². The molecule has 1 amide bonds. The highest BCUT2D eigenvalue weighted by atomic mass is 32.2. The number of carbonyl (C=O) groups excluding carboxylic acids is 1. The van der Waals surface area contributed by atoms with Crippen molar-refractivity contribution in [1.29, 1.82) is 0 Å². The second kappa shape index (κ2) is 7.33. The molecule has 0 aromatic heterocycles. The molecule has 0 radical (unpaired) electrons. The summed E-state index contributed by atoms with van der Waals surface area (Å²) in [5, 5.41) is 0. The molecule has 0 aliphatic carbocycles. The van der Waals surface area contributed by atoms with Crippen LogP contribution in [0.2, 0.25) is 0 Å². The number of rotatable bonds is 5. The Morgan fingerprint density at radius 3 is 2.28 bits per heavy atom. The topological polar surface area (TPSA) is 126 Å². The van der Waals surface area contributed by atoms with Crippen LogP contribution in [0.1, 0.15) is 25.8 Å². The van der Waals surface area contributed by atoms with Crippen molar-refractivity contribution in [1.82, 2.24) is 4.31 Å². The Hall–Kier alpha value is -1.50. The molecule has 2 saturated heterocycles. The molecule has 2 fully saturated rings. The van der Waals surface area contributed by atoms with Crippen LogP contribution in [0.25, 0.3) is 0 Å². The average molecular weight is 465 g/mol. The van der Waals surface area contributed by atoms with E-state index in [1.54, 1.807) is 6.92 Å². The monoisotopic (exact) mass is 464 g/mol. The molecule has 0 spiro atoms. The van der Waals surface area contributed by atoms with Crippen LogP contribution in [0.15, 0.2) is 23.1 Å².